The largest absolute Gasteiger partial charge is 0.356 e. The first kappa shape index (κ1) is 14.6. The summed E-state index contributed by atoms with van der Waals surface area (Å²) < 4.78 is 0. The number of rotatable bonds is 3. The van der Waals surface area contributed by atoms with Crippen LogP contribution in [0.25, 0.3) is 0 Å². The summed E-state index contributed by atoms with van der Waals surface area (Å²) >= 11 is 6.17. The number of amides is 1. The van der Waals surface area contributed by atoms with Crippen LogP contribution >= 0.6 is 11.6 Å². The molecule has 6 heteroatoms. The van der Waals surface area contributed by atoms with Crippen LogP contribution in [0.3, 0.4) is 0 Å². The standard InChI is InChI=1S/C14H17ClN4O/c1-2-17-14(20)11-4-3-5-19(9-11)13-12(15)6-10(7-16)8-18-13/h6,8,11H,2-5,9H2,1H3,(H,17,20)/t11-/m1/s1. The monoisotopic (exact) mass is 292 g/mol. The van der Waals surface area contributed by atoms with Crippen molar-refractivity contribution in [1.29, 1.82) is 5.26 Å². The number of carbonyl (C=O) groups excluding carboxylic acids is 1. The van der Waals surface area contributed by atoms with E-state index in [0.29, 0.717) is 29.5 Å². The van der Waals surface area contributed by atoms with Gasteiger partial charge < -0.3 is 10.2 Å². The second-order valence-electron chi connectivity index (χ2n) is 4.82. The van der Waals surface area contributed by atoms with Gasteiger partial charge in [0.05, 0.1) is 16.5 Å². The van der Waals surface area contributed by atoms with Crippen molar-refractivity contribution in [1.82, 2.24) is 10.3 Å². The van der Waals surface area contributed by atoms with E-state index >= 15 is 0 Å². The predicted molar refractivity (Wildman–Crippen MR) is 77.6 cm³/mol. The third-order valence-electron chi connectivity index (χ3n) is 3.39. The normalized spacial score (nSPS) is 18.4. The molecule has 0 bridgehead atoms. The summed E-state index contributed by atoms with van der Waals surface area (Å²) in [5, 5.41) is 12.1. The number of piperidine rings is 1. The Balaban J connectivity index is 2.13. The molecular weight excluding hydrogens is 276 g/mol. The number of halogens is 1. The van der Waals surface area contributed by atoms with Gasteiger partial charge in [0, 0.05) is 25.8 Å². The van der Waals surface area contributed by atoms with Gasteiger partial charge in [0.25, 0.3) is 0 Å². The summed E-state index contributed by atoms with van der Waals surface area (Å²) in [6, 6.07) is 3.62. The average molecular weight is 293 g/mol. The lowest BCUT2D eigenvalue weighted by atomic mass is 9.97. The molecule has 0 unspecified atom stereocenters. The molecule has 5 nitrogen and oxygen atoms in total. The van der Waals surface area contributed by atoms with Crippen molar-refractivity contribution in [2.24, 2.45) is 5.92 Å². The van der Waals surface area contributed by atoms with Crippen molar-refractivity contribution in [3.8, 4) is 6.07 Å². The summed E-state index contributed by atoms with van der Waals surface area (Å²) in [7, 11) is 0. The Hall–Kier alpha value is -1.80. The van der Waals surface area contributed by atoms with Crippen molar-refractivity contribution in [3.05, 3.63) is 22.8 Å². The molecule has 1 atom stereocenters. The topological polar surface area (TPSA) is 69.0 Å². The molecule has 1 aromatic heterocycles. The highest BCUT2D eigenvalue weighted by atomic mass is 35.5. The van der Waals surface area contributed by atoms with E-state index in [2.05, 4.69) is 10.3 Å². The first-order chi connectivity index (χ1) is 9.65. The van der Waals surface area contributed by atoms with Crippen LogP contribution in [-0.2, 0) is 4.79 Å². The lowest BCUT2D eigenvalue weighted by Crippen LogP contribution is -2.43. The summed E-state index contributed by atoms with van der Waals surface area (Å²) in [5.74, 6) is 0.707. The zero-order chi connectivity index (χ0) is 14.5. The van der Waals surface area contributed by atoms with Crippen LogP contribution in [0.4, 0.5) is 5.82 Å². The van der Waals surface area contributed by atoms with Crippen LogP contribution in [0.15, 0.2) is 12.3 Å². The van der Waals surface area contributed by atoms with E-state index < -0.39 is 0 Å². The molecule has 20 heavy (non-hydrogen) atoms. The Labute approximate surface area is 123 Å². The highest BCUT2D eigenvalue weighted by Crippen LogP contribution is 2.28. The van der Waals surface area contributed by atoms with Gasteiger partial charge in [-0.3, -0.25) is 4.79 Å². The Bertz CT molecular complexity index is 540. The highest BCUT2D eigenvalue weighted by Gasteiger charge is 2.27. The maximum absolute atomic E-state index is 11.9. The first-order valence-corrected chi connectivity index (χ1v) is 7.11. The minimum atomic E-state index is -0.0304. The SMILES string of the molecule is CCNC(=O)[C@@H]1CCCN(c2ncc(C#N)cc2Cl)C1. The smallest absolute Gasteiger partial charge is 0.224 e. The first-order valence-electron chi connectivity index (χ1n) is 6.74. The van der Waals surface area contributed by atoms with Crippen LogP contribution in [0, 0.1) is 17.2 Å². The van der Waals surface area contributed by atoms with E-state index in [1.807, 2.05) is 17.9 Å². The number of aromatic nitrogens is 1. The van der Waals surface area contributed by atoms with Crippen LogP contribution in [0.5, 0.6) is 0 Å². The fraction of sp³-hybridized carbons (Fsp3) is 0.500. The highest BCUT2D eigenvalue weighted by molar-refractivity contribution is 6.33. The number of nitriles is 1. The fourth-order valence-corrected chi connectivity index (χ4v) is 2.71. The molecule has 1 aromatic rings. The molecule has 0 saturated carbocycles. The lowest BCUT2D eigenvalue weighted by molar-refractivity contribution is -0.125. The molecule has 0 spiro atoms. The predicted octanol–water partition coefficient (Wildman–Crippen LogP) is 1.96. The van der Waals surface area contributed by atoms with E-state index in [1.165, 1.54) is 6.20 Å². The molecule has 1 N–H and O–H groups in total. The van der Waals surface area contributed by atoms with E-state index in [0.717, 1.165) is 19.4 Å². The molecular formula is C14H17ClN4O. The molecule has 1 amide bonds. The van der Waals surface area contributed by atoms with Gasteiger partial charge in [0.2, 0.25) is 5.91 Å². The van der Waals surface area contributed by atoms with Gasteiger partial charge in [0.15, 0.2) is 0 Å². The van der Waals surface area contributed by atoms with E-state index in [4.69, 9.17) is 16.9 Å². The number of hydrogen-bond acceptors (Lipinski definition) is 4. The average Bonchev–Trinajstić information content (AvgIpc) is 2.47. The molecule has 0 radical (unpaired) electrons. The Morgan fingerprint density at radius 1 is 1.70 bits per heavy atom. The number of pyridine rings is 1. The van der Waals surface area contributed by atoms with Gasteiger partial charge in [-0.25, -0.2) is 4.98 Å². The van der Waals surface area contributed by atoms with Crippen molar-refractivity contribution in [2.45, 2.75) is 19.8 Å². The third kappa shape index (κ3) is 3.20. The fourth-order valence-electron chi connectivity index (χ4n) is 2.43. The van der Waals surface area contributed by atoms with Crippen LogP contribution < -0.4 is 10.2 Å². The van der Waals surface area contributed by atoms with Crippen molar-refractivity contribution in [3.63, 3.8) is 0 Å². The second-order valence-corrected chi connectivity index (χ2v) is 5.23. The summed E-state index contributed by atoms with van der Waals surface area (Å²) in [6.07, 6.45) is 3.33. The van der Waals surface area contributed by atoms with Gasteiger partial charge >= 0.3 is 0 Å². The maximum Gasteiger partial charge on any atom is 0.224 e. The maximum atomic E-state index is 11.9. The quantitative estimate of drug-likeness (QED) is 0.924. The zero-order valence-electron chi connectivity index (χ0n) is 11.4. The number of anilines is 1. The summed E-state index contributed by atoms with van der Waals surface area (Å²) in [6.45, 7) is 4.00. The molecule has 0 aromatic carbocycles. The van der Waals surface area contributed by atoms with Crippen molar-refractivity contribution < 1.29 is 4.79 Å². The third-order valence-corrected chi connectivity index (χ3v) is 3.67. The van der Waals surface area contributed by atoms with Crippen molar-refractivity contribution in [2.75, 3.05) is 24.5 Å². The minimum absolute atomic E-state index is 0.0304. The molecule has 106 valence electrons. The number of carbonyl (C=O) groups is 1. The molecule has 0 aliphatic carbocycles. The van der Waals surface area contributed by atoms with Crippen LogP contribution in [-0.4, -0.2) is 30.5 Å². The molecule has 1 aliphatic rings. The number of nitrogens with zero attached hydrogens (tertiary/aromatic N) is 3. The van der Waals surface area contributed by atoms with E-state index in [-0.39, 0.29) is 11.8 Å². The molecule has 1 fully saturated rings. The van der Waals surface area contributed by atoms with Gasteiger partial charge in [-0.15, -0.1) is 0 Å². The Morgan fingerprint density at radius 3 is 3.15 bits per heavy atom. The molecule has 1 aliphatic heterocycles. The molecule has 1 saturated heterocycles. The van der Waals surface area contributed by atoms with E-state index in [1.54, 1.807) is 6.07 Å². The Kier molecular flexibility index (Phi) is 4.80. The zero-order valence-corrected chi connectivity index (χ0v) is 12.2. The second kappa shape index (κ2) is 6.58. The van der Waals surface area contributed by atoms with Gasteiger partial charge in [0.1, 0.15) is 11.9 Å². The van der Waals surface area contributed by atoms with Crippen LogP contribution in [0.1, 0.15) is 25.3 Å². The number of nitrogens with one attached hydrogen (secondary N) is 1. The van der Waals surface area contributed by atoms with Gasteiger partial charge in [-0.1, -0.05) is 11.6 Å². The summed E-state index contributed by atoms with van der Waals surface area (Å²) in [4.78, 5) is 18.2. The minimum Gasteiger partial charge on any atom is -0.356 e. The molecule has 2 heterocycles. The van der Waals surface area contributed by atoms with Crippen molar-refractivity contribution >= 4 is 23.3 Å². The van der Waals surface area contributed by atoms with Crippen LogP contribution in [0.2, 0.25) is 5.02 Å². The van der Waals surface area contributed by atoms with E-state index in [9.17, 15) is 4.79 Å². The van der Waals surface area contributed by atoms with Gasteiger partial charge in [-0.2, -0.15) is 5.26 Å². The van der Waals surface area contributed by atoms with Gasteiger partial charge in [-0.05, 0) is 25.8 Å². The Morgan fingerprint density at radius 2 is 2.50 bits per heavy atom. The summed E-state index contributed by atoms with van der Waals surface area (Å²) in [5.41, 5.74) is 0.441. The molecule has 2 rings (SSSR count). The number of hydrogen-bond donors (Lipinski definition) is 1. The lowest BCUT2D eigenvalue weighted by Gasteiger charge is -2.33.